The number of likely N-dealkylation sites (tertiary alicyclic amines) is 1. The van der Waals surface area contributed by atoms with Crippen LogP contribution in [0.3, 0.4) is 0 Å². The lowest BCUT2D eigenvalue weighted by atomic mass is 9.73. The lowest BCUT2D eigenvalue weighted by molar-refractivity contribution is -0.135. The second kappa shape index (κ2) is 9.60. The number of carbonyl (C=O) groups excluding carboxylic acids is 2. The van der Waals surface area contributed by atoms with Gasteiger partial charge in [-0.2, -0.15) is 0 Å². The van der Waals surface area contributed by atoms with Crippen LogP contribution in [0.2, 0.25) is 0 Å². The van der Waals surface area contributed by atoms with Crippen LogP contribution in [-0.2, 0) is 16.0 Å². The first-order valence-corrected chi connectivity index (χ1v) is 14.4. The Bertz CT molecular complexity index is 1380. The molecule has 37 heavy (non-hydrogen) atoms. The summed E-state index contributed by atoms with van der Waals surface area (Å²) in [5, 5.41) is 2.72. The molecule has 2 fully saturated rings. The smallest absolute Gasteiger partial charge is 0.407 e. The fraction of sp³-hybridized carbons (Fsp3) is 0.483. The van der Waals surface area contributed by atoms with E-state index in [0.717, 1.165) is 35.6 Å². The van der Waals surface area contributed by atoms with Crippen molar-refractivity contribution in [2.75, 3.05) is 13.7 Å². The number of alkyl carbamates (subject to hydrolysis) is 1. The van der Waals surface area contributed by atoms with E-state index < -0.39 is 12.1 Å². The average Bonchev–Trinajstić information content (AvgIpc) is 3.57. The lowest BCUT2D eigenvalue weighted by Crippen LogP contribution is -2.51. The van der Waals surface area contributed by atoms with Gasteiger partial charge in [0.1, 0.15) is 11.9 Å². The number of hydrogen-bond donors (Lipinski definition) is 2. The van der Waals surface area contributed by atoms with Crippen LogP contribution in [0, 0.1) is 15.4 Å². The molecule has 4 atom stereocenters. The van der Waals surface area contributed by atoms with Gasteiger partial charge in [0, 0.05) is 10.1 Å². The molecule has 1 aliphatic heterocycles. The van der Waals surface area contributed by atoms with Gasteiger partial charge in [0.2, 0.25) is 5.91 Å². The maximum absolute atomic E-state index is 13.5. The predicted octanol–water partition coefficient (Wildman–Crippen LogP) is 5.93. The Labute approximate surface area is 230 Å². The molecule has 3 aliphatic rings. The van der Waals surface area contributed by atoms with Crippen LogP contribution in [0.15, 0.2) is 30.3 Å². The topological polar surface area (TPSA) is 87.3 Å². The van der Waals surface area contributed by atoms with Crippen molar-refractivity contribution >= 4 is 45.6 Å². The fourth-order valence-electron chi connectivity index (χ4n) is 6.52. The van der Waals surface area contributed by atoms with Crippen LogP contribution in [0.1, 0.15) is 68.4 Å². The molecule has 7 nitrogen and oxygen atoms in total. The summed E-state index contributed by atoms with van der Waals surface area (Å²) in [6.45, 7) is 4.51. The molecule has 2 aliphatic carbocycles. The monoisotopic (exact) mass is 612 g/mol. The molecule has 2 N–H and O–H groups in total. The SMILES string of the molecule is COC(=O)NC(C(=O)N1CCCC1c1nc2ccc(-c3ccc(I)c4c3C3CCC3C4)cc2[nH]1)C(C)C. The minimum atomic E-state index is -0.637. The number of aromatic amines is 1. The minimum Gasteiger partial charge on any atom is -0.453 e. The zero-order chi connectivity index (χ0) is 25.8. The van der Waals surface area contributed by atoms with Crippen LogP contribution >= 0.6 is 22.6 Å². The van der Waals surface area contributed by atoms with Crippen molar-refractivity contribution in [1.29, 1.82) is 0 Å². The van der Waals surface area contributed by atoms with E-state index in [1.54, 1.807) is 11.1 Å². The molecular weight excluding hydrogens is 579 g/mol. The van der Waals surface area contributed by atoms with Gasteiger partial charge in [-0.05, 0) is 113 Å². The Kier molecular flexibility index (Phi) is 6.41. The molecule has 194 valence electrons. The van der Waals surface area contributed by atoms with E-state index in [2.05, 4.69) is 63.2 Å². The first-order valence-electron chi connectivity index (χ1n) is 13.3. The first kappa shape index (κ1) is 24.7. The number of rotatable bonds is 5. The summed E-state index contributed by atoms with van der Waals surface area (Å²) in [4.78, 5) is 35.7. The van der Waals surface area contributed by atoms with Gasteiger partial charge in [-0.15, -0.1) is 0 Å². The van der Waals surface area contributed by atoms with Crippen LogP contribution in [-0.4, -0.2) is 46.6 Å². The second-order valence-corrected chi connectivity index (χ2v) is 12.2. The van der Waals surface area contributed by atoms with Crippen molar-refractivity contribution in [1.82, 2.24) is 20.2 Å². The van der Waals surface area contributed by atoms with Gasteiger partial charge in [0.15, 0.2) is 0 Å². The molecule has 3 aromatic rings. The van der Waals surface area contributed by atoms with Crippen molar-refractivity contribution in [2.45, 2.75) is 64.0 Å². The van der Waals surface area contributed by atoms with Gasteiger partial charge >= 0.3 is 6.09 Å². The van der Waals surface area contributed by atoms with Crippen LogP contribution in [0.5, 0.6) is 0 Å². The molecule has 2 aromatic carbocycles. The zero-order valence-corrected chi connectivity index (χ0v) is 23.7. The molecule has 0 spiro atoms. The first-order chi connectivity index (χ1) is 17.9. The maximum Gasteiger partial charge on any atom is 0.407 e. The van der Waals surface area contributed by atoms with Crippen LogP contribution < -0.4 is 5.32 Å². The summed E-state index contributed by atoms with van der Waals surface area (Å²) in [7, 11) is 1.31. The van der Waals surface area contributed by atoms with E-state index in [-0.39, 0.29) is 17.9 Å². The Hall–Kier alpha value is -2.62. The van der Waals surface area contributed by atoms with Crippen molar-refractivity contribution in [3.8, 4) is 11.1 Å². The normalized spacial score (nSPS) is 23.1. The van der Waals surface area contributed by atoms with Gasteiger partial charge in [-0.3, -0.25) is 4.79 Å². The third-order valence-electron chi connectivity index (χ3n) is 8.61. The number of H-pyrrole nitrogens is 1. The third kappa shape index (κ3) is 4.21. The van der Waals surface area contributed by atoms with E-state index >= 15 is 0 Å². The van der Waals surface area contributed by atoms with E-state index in [9.17, 15) is 9.59 Å². The maximum atomic E-state index is 13.5. The average molecular weight is 613 g/mol. The van der Waals surface area contributed by atoms with Gasteiger partial charge in [0.25, 0.3) is 0 Å². The predicted molar refractivity (Wildman–Crippen MR) is 151 cm³/mol. The molecule has 2 amide bonds. The molecule has 1 aromatic heterocycles. The number of fused-ring (bicyclic) bond motifs is 4. The van der Waals surface area contributed by atoms with Crippen LogP contribution in [0.25, 0.3) is 22.2 Å². The van der Waals surface area contributed by atoms with Crippen molar-refractivity contribution in [2.24, 2.45) is 11.8 Å². The summed E-state index contributed by atoms with van der Waals surface area (Å²) in [6, 6.07) is 10.3. The van der Waals surface area contributed by atoms with Crippen LogP contribution in [0.4, 0.5) is 4.79 Å². The number of aromatic nitrogens is 2. The third-order valence-corrected chi connectivity index (χ3v) is 9.62. The number of hydrogen-bond acceptors (Lipinski definition) is 4. The van der Waals surface area contributed by atoms with Gasteiger partial charge < -0.3 is 19.9 Å². The highest BCUT2D eigenvalue weighted by Gasteiger charge is 2.42. The Morgan fingerprint density at radius 3 is 2.76 bits per heavy atom. The summed E-state index contributed by atoms with van der Waals surface area (Å²) in [5.41, 5.74) is 7.60. The number of nitrogens with one attached hydrogen (secondary N) is 2. The zero-order valence-electron chi connectivity index (χ0n) is 21.5. The van der Waals surface area contributed by atoms with Crippen molar-refractivity contribution in [3.05, 3.63) is 50.9 Å². The number of methoxy groups -OCH3 is 1. The quantitative estimate of drug-likeness (QED) is 0.350. The summed E-state index contributed by atoms with van der Waals surface area (Å²) in [5.74, 6) is 2.19. The molecule has 6 rings (SSSR count). The molecule has 8 heteroatoms. The number of nitrogens with zero attached hydrogens (tertiary/aromatic N) is 2. The summed E-state index contributed by atoms with van der Waals surface area (Å²) >= 11 is 2.49. The Morgan fingerprint density at radius 2 is 2.03 bits per heavy atom. The van der Waals surface area contributed by atoms with Gasteiger partial charge in [-0.25, -0.2) is 9.78 Å². The Balaban J connectivity index is 1.30. The van der Waals surface area contributed by atoms with Gasteiger partial charge in [-0.1, -0.05) is 26.0 Å². The highest BCUT2D eigenvalue weighted by atomic mass is 127. The largest absolute Gasteiger partial charge is 0.453 e. The van der Waals surface area contributed by atoms with E-state index in [0.29, 0.717) is 12.5 Å². The lowest BCUT2D eigenvalue weighted by Gasteiger charge is -2.31. The van der Waals surface area contributed by atoms with Crippen molar-refractivity contribution in [3.63, 3.8) is 0 Å². The number of carbonyl (C=O) groups is 2. The van der Waals surface area contributed by atoms with E-state index in [4.69, 9.17) is 9.72 Å². The second-order valence-electron chi connectivity index (χ2n) is 11.0. The highest BCUT2D eigenvalue weighted by molar-refractivity contribution is 14.1. The summed E-state index contributed by atoms with van der Waals surface area (Å²) < 4.78 is 6.15. The highest BCUT2D eigenvalue weighted by Crippen LogP contribution is 2.55. The van der Waals surface area contributed by atoms with Crippen molar-refractivity contribution < 1.29 is 14.3 Å². The molecule has 0 bridgehead atoms. The number of benzene rings is 2. The molecule has 4 unspecified atom stereocenters. The molecule has 1 saturated heterocycles. The fourth-order valence-corrected chi connectivity index (χ4v) is 7.21. The molecule has 0 radical (unpaired) electrons. The standard InChI is InChI=1S/C29H33IN4O3/c1-15(2)26(33-29(36)37-3)28(35)34-12-4-5-24(34)27-31-22-11-7-17(14-23(22)32-27)19-9-10-21(30)20-13-16-6-8-18(16)25(19)20/h7,9-11,14-16,18,24,26H,4-6,8,12-13H2,1-3H3,(H,31,32)(H,33,36). The number of amides is 2. The number of ether oxygens (including phenoxy) is 1. The van der Waals surface area contributed by atoms with Gasteiger partial charge in [0.05, 0.1) is 24.2 Å². The summed E-state index contributed by atoms with van der Waals surface area (Å²) in [6.07, 6.45) is 5.02. The van der Waals surface area contributed by atoms with E-state index in [1.807, 2.05) is 18.7 Å². The van der Waals surface area contributed by atoms with E-state index in [1.165, 1.54) is 41.1 Å². The molecule has 2 heterocycles. The number of halogens is 1. The minimum absolute atomic E-state index is 0.0583. The molecule has 1 saturated carbocycles. The number of imidazole rings is 1. The molecular formula is C29H33IN4O3. The Morgan fingerprint density at radius 1 is 1.19 bits per heavy atom.